The van der Waals surface area contributed by atoms with Gasteiger partial charge < -0.3 is 4.57 Å². The minimum atomic E-state index is 0.682. The van der Waals surface area contributed by atoms with Crippen LogP contribution in [-0.4, -0.2) is 4.57 Å². The van der Waals surface area contributed by atoms with Gasteiger partial charge in [0.05, 0.1) is 0 Å². The third-order valence-electron chi connectivity index (χ3n) is 3.29. The summed E-state index contributed by atoms with van der Waals surface area (Å²) in [6.07, 6.45) is 8.89. The predicted octanol–water partition coefficient (Wildman–Crippen LogP) is 3.34. The molecule has 0 amide bonds. The van der Waals surface area contributed by atoms with Crippen molar-refractivity contribution < 1.29 is 0 Å². The zero-order valence-corrected chi connectivity index (χ0v) is 8.71. The molecule has 1 aromatic heterocycles. The summed E-state index contributed by atoms with van der Waals surface area (Å²) in [5, 5.41) is 0. The van der Waals surface area contributed by atoms with Gasteiger partial charge in [-0.1, -0.05) is 6.92 Å². The average molecular weight is 177 g/mol. The van der Waals surface area contributed by atoms with Crippen LogP contribution in [0.4, 0.5) is 0 Å². The van der Waals surface area contributed by atoms with Gasteiger partial charge in [0.25, 0.3) is 0 Å². The molecule has 1 aliphatic rings. The van der Waals surface area contributed by atoms with Crippen LogP contribution in [-0.2, 0) is 12.8 Å². The molecule has 1 unspecified atom stereocenters. The number of rotatable bonds is 2. The lowest BCUT2D eigenvalue weighted by Crippen LogP contribution is -2.10. The van der Waals surface area contributed by atoms with Crippen molar-refractivity contribution in [3.8, 4) is 0 Å². The Balaban J connectivity index is 2.31. The molecule has 0 saturated heterocycles. The summed E-state index contributed by atoms with van der Waals surface area (Å²) in [7, 11) is 0. The van der Waals surface area contributed by atoms with Gasteiger partial charge in [0.2, 0.25) is 0 Å². The summed E-state index contributed by atoms with van der Waals surface area (Å²) in [6.45, 7) is 4.58. The number of aryl methyl sites for hydroxylation is 1. The van der Waals surface area contributed by atoms with Crippen LogP contribution in [0.5, 0.6) is 0 Å². The summed E-state index contributed by atoms with van der Waals surface area (Å²) in [4.78, 5) is 0. The first kappa shape index (κ1) is 8.86. The maximum atomic E-state index is 2.48. The molecular formula is C12H19N. The third-order valence-corrected chi connectivity index (χ3v) is 3.29. The van der Waals surface area contributed by atoms with Crippen molar-refractivity contribution >= 4 is 0 Å². The topological polar surface area (TPSA) is 4.93 Å². The van der Waals surface area contributed by atoms with Crippen molar-refractivity contribution in [3.63, 3.8) is 0 Å². The minimum absolute atomic E-state index is 0.682. The van der Waals surface area contributed by atoms with E-state index < -0.39 is 0 Å². The van der Waals surface area contributed by atoms with Gasteiger partial charge in [0.15, 0.2) is 0 Å². The highest BCUT2D eigenvalue weighted by molar-refractivity contribution is 5.25. The van der Waals surface area contributed by atoms with Gasteiger partial charge in [-0.25, -0.2) is 0 Å². The zero-order chi connectivity index (χ0) is 9.26. The molecule has 72 valence electrons. The molecular weight excluding hydrogens is 158 g/mol. The normalized spacial score (nSPS) is 18.3. The fourth-order valence-electron chi connectivity index (χ4n) is 2.26. The van der Waals surface area contributed by atoms with Gasteiger partial charge in [-0.2, -0.15) is 0 Å². The van der Waals surface area contributed by atoms with Crippen molar-refractivity contribution in [2.45, 2.75) is 52.0 Å². The largest absolute Gasteiger partial charge is 0.348 e. The van der Waals surface area contributed by atoms with E-state index in [2.05, 4.69) is 30.7 Å². The lowest BCUT2D eigenvalue weighted by atomic mass is 9.98. The average Bonchev–Trinajstić information content (AvgIpc) is 2.60. The lowest BCUT2D eigenvalue weighted by molar-refractivity contribution is 0.499. The van der Waals surface area contributed by atoms with Crippen molar-refractivity contribution in [2.75, 3.05) is 0 Å². The maximum absolute atomic E-state index is 2.48. The first-order valence-corrected chi connectivity index (χ1v) is 5.51. The van der Waals surface area contributed by atoms with Gasteiger partial charge >= 0.3 is 0 Å². The molecule has 0 spiro atoms. The third kappa shape index (κ3) is 1.52. The summed E-state index contributed by atoms with van der Waals surface area (Å²) in [5.41, 5.74) is 3.21. The molecule has 0 fully saturated rings. The summed E-state index contributed by atoms with van der Waals surface area (Å²) < 4.78 is 2.48. The van der Waals surface area contributed by atoms with Crippen molar-refractivity contribution in [1.82, 2.24) is 4.57 Å². The van der Waals surface area contributed by atoms with E-state index in [1.165, 1.54) is 32.1 Å². The molecule has 1 atom stereocenters. The predicted molar refractivity (Wildman–Crippen MR) is 56.1 cm³/mol. The van der Waals surface area contributed by atoms with Crippen LogP contribution in [0, 0.1) is 0 Å². The number of aromatic nitrogens is 1. The lowest BCUT2D eigenvalue weighted by Gasteiger charge is -2.19. The van der Waals surface area contributed by atoms with E-state index in [9.17, 15) is 0 Å². The van der Waals surface area contributed by atoms with Crippen LogP contribution in [0.3, 0.4) is 0 Å². The molecule has 0 radical (unpaired) electrons. The fraction of sp³-hybridized carbons (Fsp3) is 0.667. The van der Waals surface area contributed by atoms with Gasteiger partial charge in [-0.3, -0.25) is 0 Å². The van der Waals surface area contributed by atoms with Crippen molar-refractivity contribution in [1.29, 1.82) is 0 Å². The SMILES string of the molecule is CCC(C)n1ccc2c1CCCC2. The van der Waals surface area contributed by atoms with E-state index in [1.54, 1.807) is 11.3 Å². The quantitative estimate of drug-likeness (QED) is 0.653. The molecule has 0 bridgehead atoms. The second-order valence-electron chi connectivity index (χ2n) is 4.16. The fourth-order valence-corrected chi connectivity index (χ4v) is 2.26. The maximum Gasteiger partial charge on any atom is 0.0302 e. The molecule has 0 aliphatic heterocycles. The number of nitrogens with zero attached hydrogens (tertiary/aromatic N) is 1. The van der Waals surface area contributed by atoms with Crippen LogP contribution < -0.4 is 0 Å². The Labute approximate surface area is 80.8 Å². The second-order valence-corrected chi connectivity index (χ2v) is 4.16. The van der Waals surface area contributed by atoms with Gasteiger partial charge in [-0.05, 0) is 50.7 Å². The van der Waals surface area contributed by atoms with Crippen LogP contribution in [0.1, 0.15) is 50.4 Å². The Hall–Kier alpha value is -0.720. The Morgan fingerprint density at radius 2 is 2.15 bits per heavy atom. The molecule has 1 heteroatoms. The monoisotopic (exact) mass is 177 g/mol. The Morgan fingerprint density at radius 1 is 1.38 bits per heavy atom. The Kier molecular flexibility index (Phi) is 2.43. The van der Waals surface area contributed by atoms with Gasteiger partial charge in [-0.15, -0.1) is 0 Å². The smallest absolute Gasteiger partial charge is 0.0302 e. The highest BCUT2D eigenvalue weighted by atomic mass is 15.0. The van der Waals surface area contributed by atoms with E-state index in [0.717, 1.165) is 0 Å². The Morgan fingerprint density at radius 3 is 2.92 bits per heavy atom. The highest BCUT2D eigenvalue weighted by Gasteiger charge is 2.15. The molecule has 1 aliphatic carbocycles. The van der Waals surface area contributed by atoms with E-state index >= 15 is 0 Å². The van der Waals surface area contributed by atoms with E-state index in [4.69, 9.17) is 0 Å². The number of hydrogen-bond acceptors (Lipinski definition) is 0. The van der Waals surface area contributed by atoms with E-state index in [-0.39, 0.29) is 0 Å². The van der Waals surface area contributed by atoms with E-state index in [1.807, 2.05) is 0 Å². The van der Waals surface area contributed by atoms with Crippen molar-refractivity contribution in [2.24, 2.45) is 0 Å². The highest BCUT2D eigenvalue weighted by Crippen LogP contribution is 2.25. The van der Waals surface area contributed by atoms with Crippen LogP contribution in [0.25, 0.3) is 0 Å². The van der Waals surface area contributed by atoms with Crippen molar-refractivity contribution in [3.05, 3.63) is 23.5 Å². The molecule has 0 N–H and O–H groups in total. The summed E-state index contributed by atoms with van der Waals surface area (Å²) in [5.74, 6) is 0. The zero-order valence-electron chi connectivity index (χ0n) is 8.71. The number of hydrogen-bond donors (Lipinski definition) is 0. The van der Waals surface area contributed by atoms with Crippen LogP contribution in [0.15, 0.2) is 12.3 Å². The molecule has 0 aromatic carbocycles. The summed E-state index contributed by atoms with van der Waals surface area (Å²) >= 11 is 0. The van der Waals surface area contributed by atoms with Gasteiger partial charge in [0, 0.05) is 17.9 Å². The van der Waals surface area contributed by atoms with Crippen LogP contribution >= 0.6 is 0 Å². The first-order valence-electron chi connectivity index (χ1n) is 5.51. The molecule has 0 saturated carbocycles. The molecule has 2 rings (SSSR count). The molecule has 1 nitrogen and oxygen atoms in total. The molecule has 1 heterocycles. The summed E-state index contributed by atoms with van der Waals surface area (Å²) in [6, 6.07) is 3.00. The molecule has 13 heavy (non-hydrogen) atoms. The Bertz CT molecular complexity index is 285. The van der Waals surface area contributed by atoms with Gasteiger partial charge in [0.1, 0.15) is 0 Å². The van der Waals surface area contributed by atoms with E-state index in [0.29, 0.717) is 6.04 Å². The molecule has 1 aromatic rings. The second kappa shape index (κ2) is 3.57. The first-order chi connectivity index (χ1) is 6.33. The minimum Gasteiger partial charge on any atom is -0.348 e. The standard InChI is InChI=1S/C12H19N/c1-3-10(2)13-9-8-11-6-4-5-7-12(11)13/h8-10H,3-7H2,1-2H3. The van der Waals surface area contributed by atoms with Crippen LogP contribution in [0.2, 0.25) is 0 Å². The number of fused-ring (bicyclic) bond motifs is 1.